The number of nitrogens with one attached hydrogen (secondary N) is 1. The SMILES string of the molecule is Cc1cccc2c1c(C(=O)Nc1ccc(N)nc1)cn2CCC1CCCC1. The van der Waals surface area contributed by atoms with Gasteiger partial charge in [-0.15, -0.1) is 0 Å². The topological polar surface area (TPSA) is 72.9 Å². The highest BCUT2D eigenvalue weighted by Crippen LogP contribution is 2.30. The molecule has 4 rings (SSSR count). The zero-order chi connectivity index (χ0) is 18.8. The van der Waals surface area contributed by atoms with Crippen LogP contribution in [0.4, 0.5) is 11.5 Å². The van der Waals surface area contributed by atoms with Crippen LogP contribution in [-0.2, 0) is 6.54 Å². The molecule has 5 heteroatoms. The molecule has 0 unspecified atom stereocenters. The first-order valence-electron chi connectivity index (χ1n) is 9.73. The summed E-state index contributed by atoms with van der Waals surface area (Å²) in [5, 5.41) is 3.98. The fourth-order valence-electron chi connectivity index (χ4n) is 4.19. The lowest BCUT2D eigenvalue weighted by Crippen LogP contribution is -2.12. The maximum Gasteiger partial charge on any atom is 0.257 e. The van der Waals surface area contributed by atoms with E-state index in [2.05, 4.69) is 40.0 Å². The Kier molecular flexibility index (Phi) is 4.84. The van der Waals surface area contributed by atoms with Crippen molar-refractivity contribution in [2.75, 3.05) is 11.1 Å². The van der Waals surface area contributed by atoms with Crippen molar-refractivity contribution in [1.29, 1.82) is 0 Å². The number of anilines is 2. The van der Waals surface area contributed by atoms with Gasteiger partial charge in [-0.2, -0.15) is 0 Å². The molecule has 2 heterocycles. The second kappa shape index (κ2) is 7.43. The number of amides is 1. The minimum absolute atomic E-state index is 0.111. The summed E-state index contributed by atoms with van der Waals surface area (Å²) >= 11 is 0. The molecular formula is C22H26N4O. The van der Waals surface area contributed by atoms with Gasteiger partial charge in [0.2, 0.25) is 0 Å². The van der Waals surface area contributed by atoms with Gasteiger partial charge in [0.05, 0.1) is 17.4 Å². The molecule has 3 N–H and O–H groups in total. The fraction of sp³-hybridized carbons (Fsp3) is 0.364. The Bertz CT molecular complexity index is 952. The molecule has 1 aromatic carbocycles. The average Bonchev–Trinajstić information content (AvgIpc) is 3.30. The summed E-state index contributed by atoms with van der Waals surface area (Å²) in [5.41, 5.74) is 9.24. The molecule has 0 bridgehead atoms. The lowest BCUT2D eigenvalue weighted by atomic mass is 10.0. The molecule has 0 saturated heterocycles. The van der Waals surface area contributed by atoms with Crippen LogP contribution < -0.4 is 11.1 Å². The molecule has 140 valence electrons. The van der Waals surface area contributed by atoms with Crippen LogP contribution in [0.2, 0.25) is 0 Å². The van der Waals surface area contributed by atoms with E-state index in [1.165, 1.54) is 32.1 Å². The third kappa shape index (κ3) is 3.68. The molecule has 3 aromatic rings. The number of nitrogens with two attached hydrogens (primary N) is 1. The Balaban J connectivity index is 1.62. The molecule has 1 fully saturated rings. The first-order chi connectivity index (χ1) is 13.1. The van der Waals surface area contributed by atoms with E-state index in [-0.39, 0.29) is 5.91 Å². The van der Waals surface area contributed by atoms with Gasteiger partial charge >= 0.3 is 0 Å². The second-order valence-corrected chi connectivity index (χ2v) is 7.57. The number of fused-ring (bicyclic) bond motifs is 1. The van der Waals surface area contributed by atoms with Crippen LogP contribution in [0.5, 0.6) is 0 Å². The molecule has 5 nitrogen and oxygen atoms in total. The molecule has 0 spiro atoms. The van der Waals surface area contributed by atoms with Crippen molar-refractivity contribution in [3.8, 4) is 0 Å². The van der Waals surface area contributed by atoms with Crippen LogP contribution >= 0.6 is 0 Å². The lowest BCUT2D eigenvalue weighted by molar-refractivity contribution is 0.102. The maximum absolute atomic E-state index is 13.0. The van der Waals surface area contributed by atoms with Gasteiger partial charge in [0.15, 0.2) is 0 Å². The summed E-state index contributed by atoms with van der Waals surface area (Å²) < 4.78 is 2.25. The summed E-state index contributed by atoms with van der Waals surface area (Å²) in [6.45, 7) is 3.02. The molecule has 1 aliphatic rings. The highest BCUT2D eigenvalue weighted by Gasteiger charge is 2.19. The molecule has 0 aliphatic heterocycles. The smallest absolute Gasteiger partial charge is 0.257 e. The minimum Gasteiger partial charge on any atom is -0.384 e. The van der Waals surface area contributed by atoms with E-state index in [1.807, 2.05) is 6.20 Å². The van der Waals surface area contributed by atoms with E-state index in [4.69, 9.17) is 5.73 Å². The number of rotatable bonds is 5. The molecule has 1 aliphatic carbocycles. The van der Waals surface area contributed by atoms with Crippen molar-refractivity contribution < 1.29 is 4.79 Å². The molecule has 27 heavy (non-hydrogen) atoms. The average molecular weight is 362 g/mol. The van der Waals surface area contributed by atoms with Crippen LogP contribution in [0.25, 0.3) is 10.9 Å². The van der Waals surface area contributed by atoms with E-state index in [9.17, 15) is 4.79 Å². The van der Waals surface area contributed by atoms with Crippen LogP contribution in [0.1, 0.15) is 48.0 Å². The summed E-state index contributed by atoms with van der Waals surface area (Å²) in [6.07, 6.45) is 10.2. The van der Waals surface area contributed by atoms with Crippen LogP contribution in [0.3, 0.4) is 0 Å². The first-order valence-corrected chi connectivity index (χ1v) is 9.73. The van der Waals surface area contributed by atoms with Gasteiger partial charge in [0.1, 0.15) is 5.82 Å². The molecule has 1 saturated carbocycles. The first kappa shape index (κ1) is 17.6. The number of nitrogens with zero attached hydrogens (tertiary/aromatic N) is 2. The third-order valence-electron chi connectivity index (χ3n) is 5.66. The summed E-state index contributed by atoms with van der Waals surface area (Å²) in [6, 6.07) is 9.69. The van der Waals surface area contributed by atoms with Crippen LogP contribution in [-0.4, -0.2) is 15.5 Å². The van der Waals surface area contributed by atoms with E-state index in [1.54, 1.807) is 18.3 Å². The van der Waals surface area contributed by atoms with Crippen molar-refractivity contribution in [2.24, 2.45) is 5.92 Å². The monoisotopic (exact) mass is 362 g/mol. The van der Waals surface area contributed by atoms with Crippen molar-refractivity contribution in [3.63, 3.8) is 0 Å². The largest absolute Gasteiger partial charge is 0.384 e. The van der Waals surface area contributed by atoms with Gasteiger partial charge in [-0.25, -0.2) is 4.98 Å². The fourth-order valence-corrected chi connectivity index (χ4v) is 4.19. The number of pyridine rings is 1. The highest BCUT2D eigenvalue weighted by molar-refractivity contribution is 6.13. The predicted molar refractivity (Wildman–Crippen MR) is 110 cm³/mol. The van der Waals surface area contributed by atoms with Crippen molar-refractivity contribution in [2.45, 2.75) is 45.6 Å². The molecule has 2 aromatic heterocycles. The standard InChI is InChI=1S/C22H26N4O/c1-15-5-4-8-19-21(15)18(14-26(19)12-11-16-6-2-3-7-16)22(27)25-17-9-10-20(23)24-13-17/h4-5,8-10,13-14,16H,2-3,6-7,11-12H2,1H3,(H2,23,24)(H,25,27). The molecule has 0 radical (unpaired) electrons. The summed E-state index contributed by atoms with van der Waals surface area (Å²) in [4.78, 5) is 17.0. The zero-order valence-corrected chi connectivity index (χ0v) is 15.7. The second-order valence-electron chi connectivity index (χ2n) is 7.57. The van der Waals surface area contributed by atoms with Gasteiger partial charge in [0.25, 0.3) is 5.91 Å². The van der Waals surface area contributed by atoms with Gasteiger partial charge in [-0.3, -0.25) is 4.79 Å². The van der Waals surface area contributed by atoms with Crippen LogP contribution in [0, 0.1) is 12.8 Å². The summed E-state index contributed by atoms with van der Waals surface area (Å²) in [5.74, 6) is 1.15. The maximum atomic E-state index is 13.0. The number of nitrogen functional groups attached to an aromatic ring is 1. The van der Waals surface area contributed by atoms with E-state index in [0.717, 1.165) is 28.9 Å². The Hall–Kier alpha value is -2.82. The Morgan fingerprint density at radius 3 is 2.81 bits per heavy atom. The van der Waals surface area contributed by atoms with Gasteiger partial charge < -0.3 is 15.6 Å². The normalized spacial score (nSPS) is 14.7. The predicted octanol–water partition coefficient (Wildman–Crippen LogP) is 4.76. The van der Waals surface area contributed by atoms with Gasteiger partial charge in [0, 0.05) is 23.6 Å². The van der Waals surface area contributed by atoms with Crippen LogP contribution in [0.15, 0.2) is 42.7 Å². The van der Waals surface area contributed by atoms with E-state index < -0.39 is 0 Å². The lowest BCUT2D eigenvalue weighted by Gasteiger charge is -2.10. The van der Waals surface area contributed by atoms with E-state index >= 15 is 0 Å². The van der Waals surface area contributed by atoms with Crippen molar-refractivity contribution in [3.05, 3.63) is 53.9 Å². The number of aromatic nitrogens is 2. The number of hydrogen-bond donors (Lipinski definition) is 2. The number of benzene rings is 1. The Labute approximate surface area is 159 Å². The Morgan fingerprint density at radius 1 is 1.26 bits per heavy atom. The Morgan fingerprint density at radius 2 is 2.07 bits per heavy atom. The molecular weight excluding hydrogens is 336 g/mol. The number of aryl methyl sites for hydroxylation is 2. The zero-order valence-electron chi connectivity index (χ0n) is 15.7. The van der Waals surface area contributed by atoms with Gasteiger partial charge in [-0.05, 0) is 43.0 Å². The molecule has 1 amide bonds. The third-order valence-corrected chi connectivity index (χ3v) is 5.66. The van der Waals surface area contributed by atoms with Gasteiger partial charge in [-0.1, -0.05) is 37.8 Å². The number of carbonyl (C=O) groups is 1. The quantitative estimate of drug-likeness (QED) is 0.687. The van der Waals surface area contributed by atoms with Crippen molar-refractivity contribution >= 4 is 28.3 Å². The summed E-state index contributed by atoms with van der Waals surface area (Å²) in [7, 11) is 0. The number of carbonyl (C=O) groups excluding carboxylic acids is 1. The minimum atomic E-state index is -0.111. The highest BCUT2D eigenvalue weighted by atomic mass is 16.1. The molecule has 0 atom stereocenters. The van der Waals surface area contributed by atoms with E-state index in [0.29, 0.717) is 17.1 Å². The number of hydrogen-bond acceptors (Lipinski definition) is 3. The van der Waals surface area contributed by atoms with Crippen molar-refractivity contribution in [1.82, 2.24) is 9.55 Å².